The number of benzene rings is 3. The van der Waals surface area contributed by atoms with Crippen LogP contribution in [0.15, 0.2) is 83.8 Å². The lowest BCUT2D eigenvalue weighted by molar-refractivity contribution is 0.102. The minimum atomic E-state index is -3.75. The van der Waals surface area contributed by atoms with Gasteiger partial charge in [-0.25, -0.2) is 13.4 Å². The lowest BCUT2D eigenvalue weighted by Crippen LogP contribution is -2.14. The maximum atomic E-state index is 12.6. The summed E-state index contributed by atoms with van der Waals surface area (Å²) in [5.74, 6) is 0.874. The maximum Gasteiger partial charge on any atom is 0.261 e. The SMILES string of the molecule is Cc1nc(-c2cccc(NC(=O)c3ccc(S(=O)(=O)Nc4ccccc4)cc3)c2)n[nH]1. The van der Waals surface area contributed by atoms with Crippen molar-refractivity contribution in [3.05, 3.63) is 90.3 Å². The lowest BCUT2D eigenvalue weighted by Gasteiger charge is -2.09. The predicted molar refractivity (Wildman–Crippen MR) is 118 cm³/mol. The van der Waals surface area contributed by atoms with Gasteiger partial charge in [-0.05, 0) is 55.5 Å². The number of nitrogens with zero attached hydrogens (tertiary/aromatic N) is 2. The smallest absolute Gasteiger partial charge is 0.261 e. The van der Waals surface area contributed by atoms with Crippen LogP contribution in [-0.2, 0) is 10.0 Å². The van der Waals surface area contributed by atoms with Crippen molar-refractivity contribution >= 4 is 27.3 Å². The monoisotopic (exact) mass is 433 g/mol. The number of hydrogen-bond donors (Lipinski definition) is 3. The number of hydrogen-bond acceptors (Lipinski definition) is 5. The van der Waals surface area contributed by atoms with Gasteiger partial charge >= 0.3 is 0 Å². The third-order valence-corrected chi connectivity index (χ3v) is 5.83. The normalized spacial score (nSPS) is 11.1. The molecule has 0 aliphatic carbocycles. The first-order valence-electron chi connectivity index (χ1n) is 9.39. The van der Waals surface area contributed by atoms with E-state index >= 15 is 0 Å². The van der Waals surface area contributed by atoms with E-state index in [9.17, 15) is 13.2 Å². The Morgan fingerprint density at radius 2 is 1.61 bits per heavy atom. The molecule has 8 nitrogen and oxygen atoms in total. The Bertz CT molecular complexity index is 1320. The fourth-order valence-electron chi connectivity index (χ4n) is 2.92. The van der Waals surface area contributed by atoms with E-state index in [1.54, 1.807) is 55.5 Å². The van der Waals surface area contributed by atoms with Gasteiger partial charge in [-0.15, -0.1) is 0 Å². The maximum absolute atomic E-state index is 12.6. The van der Waals surface area contributed by atoms with Crippen LogP contribution in [-0.4, -0.2) is 29.5 Å². The fraction of sp³-hybridized carbons (Fsp3) is 0.0455. The molecule has 0 spiro atoms. The standard InChI is InChI=1S/C22H19N5O3S/c1-15-23-21(26-25-15)17-6-5-9-19(14-17)24-22(28)16-10-12-20(13-11-16)31(29,30)27-18-7-3-2-4-8-18/h2-14,27H,1H3,(H,24,28)(H,23,25,26). The summed E-state index contributed by atoms with van der Waals surface area (Å²) in [4.78, 5) is 16.9. The number of rotatable bonds is 6. The molecule has 0 atom stereocenters. The topological polar surface area (TPSA) is 117 Å². The molecular formula is C22H19N5O3S. The molecule has 3 N–H and O–H groups in total. The predicted octanol–water partition coefficient (Wildman–Crippen LogP) is 3.83. The molecule has 0 aliphatic rings. The van der Waals surface area contributed by atoms with Crippen molar-refractivity contribution in [1.29, 1.82) is 0 Å². The molecule has 3 aromatic carbocycles. The number of nitrogens with one attached hydrogen (secondary N) is 3. The number of carbonyl (C=O) groups is 1. The molecule has 0 aliphatic heterocycles. The lowest BCUT2D eigenvalue weighted by atomic mass is 10.1. The van der Waals surface area contributed by atoms with Crippen LogP contribution in [0.5, 0.6) is 0 Å². The van der Waals surface area contributed by atoms with Gasteiger partial charge in [-0.1, -0.05) is 30.3 Å². The number of aromatic nitrogens is 3. The Kier molecular flexibility index (Phi) is 5.50. The zero-order valence-electron chi connectivity index (χ0n) is 16.5. The summed E-state index contributed by atoms with van der Waals surface area (Å²) in [7, 11) is -3.75. The summed E-state index contributed by atoms with van der Waals surface area (Å²) in [5.41, 5.74) is 2.13. The number of amides is 1. The number of sulfonamides is 1. The number of aromatic amines is 1. The highest BCUT2D eigenvalue weighted by Crippen LogP contribution is 2.21. The molecule has 156 valence electrons. The van der Waals surface area contributed by atoms with Crippen LogP contribution in [0.2, 0.25) is 0 Å². The van der Waals surface area contributed by atoms with Gasteiger partial charge in [0.1, 0.15) is 5.82 Å². The van der Waals surface area contributed by atoms with Gasteiger partial charge in [-0.2, -0.15) is 5.10 Å². The van der Waals surface area contributed by atoms with E-state index in [2.05, 4.69) is 25.2 Å². The highest BCUT2D eigenvalue weighted by atomic mass is 32.2. The van der Waals surface area contributed by atoms with E-state index in [0.29, 0.717) is 28.6 Å². The molecule has 4 rings (SSSR count). The van der Waals surface area contributed by atoms with Gasteiger partial charge in [0.2, 0.25) is 0 Å². The Labute approximate surface area is 179 Å². The van der Waals surface area contributed by atoms with E-state index in [-0.39, 0.29) is 10.8 Å². The van der Waals surface area contributed by atoms with E-state index in [0.717, 1.165) is 5.56 Å². The summed E-state index contributed by atoms with van der Waals surface area (Å²) in [6.07, 6.45) is 0. The highest BCUT2D eigenvalue weighted by Gasteiger charge is 2.15. The number of anilines is 2. The zero-order chi connectivity index (χ0) is 21.8. The van der Waals surface area contributed by atoms with Crippen LogP contribution >= 0.6 is 0 Å². The highest BCUT2D eigenvalue weighted by molar-refractivity contribution is 7.92. The Morgan fingerprint density at radius 1 is 0.903 bits per heavy atom. The second kappa shape index (κ2) is 8.41. The van der Waals surface area contributed by atoms with Crippen LogP contribution in [0.3, 0.4) is 0 Å². The molecule has 31 heavy (non-hydrogen) atoms. The third-order valence-electron chi connectivity index (χ3n) is 4.43. The average molecular weight is 433 g/mol. The largest absolute Gasteiger partial charge is 0.322 e. The van der Waals surface area contributed by atoms with Crippen molar-refractivity contribution in [3.63, 3.8) is 0 Å². The molecule has 0 saturated carbocycles. The molecule has 9 heteroatoms. The molecule has 4 aromatic rings. The Hall–Kier alpha value is -3.98. The Morgan fingerprint density at radius 3 is 2.29 bits per heavy atom. The van der Waals surface area contributed by atoms with Crippen LogP contribution in [0.1, 0.15) is 16.2 Å². The first-order valence-corrected chi connectivity index (χ1v) is 10.9. The van der Waals surface area contributed by atoms with Crippen LogP contribution in [0.25, 0.3) is 11.4 Å². The molecule has 0 saturated heterocycles. The van der Waals surface area contributed by atoms with Gasteiger partial charge in [-0.3, -0.25) is 14.6 Å². The fourth-order valence-corrected chi connectivity index (χ4v) is 3.98. The molecule has 0 bridgehead atoms. The minimum Gasteiger partial charge on any atom is -0.322 e. The summed E-state index contributed by atoms with van der Waals surface area (Å²) in [5, 5.41) is 9.70. The summed E-state index contributed by atoms with van der Waals surface area (Å²) < 4.78 is 27.5. The van der Waals surface area contributed by atoms with E-state index in [4.69, 9.17) is 0 Å². The summed E-state index contributed by atoms with van der Waals surface area (Å²) in [6.45, 7) is 1.81. The van der Waals surface area contributed by atoms with Crippen molar-refractivity contribution in [3.8, 4) is 11.4 Å². The van der Waals surface area contributed by atoms with Crippen LogP contribution in [0, 0.1) is 6.92 Å². The molecule has 1 aromatic heterocycles. The first kappa shape index (κ1) is 20.3. The first-order chi connectivity index (χ1) is 14.9. The molecule has 0 fully saturated rings. The van der Waals surface area contributed by atoms with Crippen molar-refractivity contribution < 1.29 is 13.2 Å². The summed E-state index contributed by atoms with van der Waals surface area (Å²) in [6, 6.07) is 21.5. The third kappa shape index (κ3) is 4.78. The van der Waals surface area contributed by atoms with E-state index in [1.165, 1.54) is 24.3 Å². The second-order valence-corrected chi connectivity index (χ2v) is 8.46. The summed E-state index contributed by atoms with van der Waals surface area (Å²) >= 11 is 0. The Balaban J connectivity index is 1.48. The van der Waals surface area contributed by atoms with Gasteiger partial charge in [0.05, 0.1) is 4.90 Å². The van der Waals surface area contributed by atoms with Gasteiger partial charge in [0, 0.05) is 22.5 Å². The molecule has 1 amide bonds. The molecule has 0 unspecified atom stereocenters. The quantitative estimate of drug-likeness (QED) is 0.427. The van der Waals surface area contributed by atoms with Crippen molar-refractivity contribution in [2.75, 3.05) is 10.0 Å². The van der Waals surface area contributed by atoms with Crippen LogP contribution < -0.4 is 10.0 Å². The van der Waals surface area contributed by atoms with E-state index < -0.39 is 10.0 Å². The van der Waals surface area contributed by atoms with Gasteiger partial charge in [0.15, 0.2) is 5.82 Å². The molecule has 0 radical (unpaired) electrons. The molecule has 1 heterocycles. The van der Waals surface area contributed by atoms with Crippen molar-refractivity contribution in [1.82, 2.24) is 15.2 Å². The number of carbonyl (C=O) groups excluding carboxylic acids is 1. The minimum absolute atomic E-state index is 0.0647. The molecular weight excluding hydrogens is 414 g/mol. The van der Waals surface area contributed by atoms with E-state index in [1.807, 2.05) is 6.07 Å². The van der Waals surface area contributed by atoms with Crippen molar-refractivity contribution in [2.45, 2.75) is 11.8 Å². The van der Waals surface area contributed by atoms with Gasteiger partial charge < -0.3 is 5.32 Å². The second-order valence-electron chi connectivity index (χ2n) is 6.78. The zero-order valence-corrected chi connectivity index (χ0v) is 17.3. The van der Waals surface area contributed by atoms with Crippen molar-refractivity contribution in [2.24, 2.45) is 0 Å². The number of H-pyrrole nitrogens is 1. The van der Waals surface area contributed by atoms with Crippen LogP contribution in [0.4, 0.5) is 11.4 Å². The average Bonchev–Trinajstić information content (AvgIpc) is 3.21. The number of para-hydroxylation sites is 1. The number of aryl methyl sites for hydroxylation is 1. The van der Waals surface area contributed by atoms with Gasteiger partial charge in [0.25, 0.3) is 15.9 Å².